The fraction of sp³-hybridized carbons (Fsp3) is 0.900. The predicted octanol–water partition coefficient (Wildman–Crippen LogP) is 0.502. The van der Waals surface area contributed by atoms with Gasteiger partial charge >= 0.3 is 6.03 Å². The zero-order valence-electron chi connectivity index (χ0n) is 9.53. The zero-order valence-corrected chi connectivity index (χ0v) is 9.53. The molecular formula is C10H21N3O2. The van der Waals surface area contributed by atoms with Gasteiger partial charge in [0, 0.05) is 0 Å². The Balaban J connectivity index is 2.12. The van der Waals surface area contributed by atoms with E-state index in [1.807, 2.05) is 0 Å². The summed E-state index contributed by atoms with van der Waals surface area (Å²) in [7, 11) is 0. The highest BCUT2D eigenvalue weighted by atomic mass is 16.5. The second kappa shape index (κ2) is 5.92. The summed E-state index contributed by atoms with van der Waals surface area (Å²) in [5, 5.41) is 2.56. The van der Waals surface area contributed by atoms with Crippen molar-refractivity contribution in [2.24, 2.45) is 5.73 Å². The maximum Gasteiger partial charge on any atom is 0.318 e. The van der Waals surface area contributed by atoms with Gasteiger partial charge in [0.25, 0.3) is 0 Å². The molecule has 1 rings (SSSR count). The van der Waals surface area contributed by atoms with Crippen molar-refractivity contribution in [2.45, 2.75) is 38.9 Å². The molecule has 0 bridgehead atoms. The largest absolute Gasteiger partial charge is 0.372 e. The molecule has 88 valence electrons. The molecule has 5 heteroatoms. The Morgan fingerprint density at radius 2 is 2.33 bits per heavy atom. The van der Waals surface area contributed by atoms with Crippen molar-refractivity contribution in [1.82, 2.24) is 10.2 Å². The number of likely N-dealkylation sites (tertiary alicyclic amines) is 1. The van der Waals surface area contributed by atoms with Crippen molar-refractivity contribution in [1.29, 1.82) is 0 Å². The number of carbonyl (C=O) groups excluding carboxylic acids is 1. The first-order chi connectivity index (χ1) is 7.17. The van der Waals surface area contributed by atoms with Crippen LogP contribution in [-0.4, -0.2) is 42.9 Å². The quantitative estimate of drug-likeness (QED) is 0.656. The number of urea groups is 1. The van der Waals surface area contributed by atoms with Gasteiger partial charge in [0.2, 0.25) is 0 Å². The fourth-order valence-electron chi connectivity index (χ4n) is 1.69. The number of hydrogen-bond acceptors (Lipinski definition) is 3. The van der Waals surface area contributed by atoms with Gasteiger partial charge in [0.05, 0.1) is 32.0 Å². The fourth-order valence-corrected chi connectivity index (χ4v) is 1.69. The van der Waals surface area contributed by atoms with Gasteiger partial charge in [-0.1, -0.05) is 13.3 Å². The Labute approximate surface area is 90.9 Å². The van der Waals surface area contributed by atoms with Crippen LogP contribution in [0.4, 0.5) is 4.79 Å². The van der Waals surface area contributed by atoms with Crippen LogP contribution in [0.15, 0.2) is 0 Å². The van der Waals surface area contributed by atoms with Gasteiger partial charge in [0.1, 0.15) is 0 Å². The van der Waals surface area contributed by atoms with Crippen LogP contribution < -0.4 is 11.1 Å². The van der Waals surface area contributed by atoms with Crippen LogP contribution in [0.2, 0.25) is 0 Å². The van der Waals surface area contributed by atoms with Crippen LogP contribution >= 0.6 is 0 Å². The lowest BCUT2D eigenvalue weighted by atomic mass is 10.1. The molecule has 1 aliphatic rings. The van der Waals surface area contributed by atoms with Crippen molar-refractivity contribution < 1.29 is 9.53 Å². The topological polar surface area (TPSA) is 67.6 Å². The number of nitrogens with two attached hydrogens (primary N) is 1. The summed E-state index contributed by atoms with van der Waals surface area (Å²) in [6.45, 7) is 5.76. The van der Waals surface area contributed by atoms with Crippen LogP contribution in [0.5, 0.6) is 0 Å². The van der Waals surface area contributed by atoms with E-state index in [4.69, 9.17) is 10.5 Å². The number of amides is 2. The van der Waals surface area contributed by atoms with Crippen LogP contribution in [0, 0.1) is 0 Å². The minimum absolute atomic E-state index is 0.0968. The average molecular weight is 215 g/mol. The van der Waals surface area contributed by atoms with Crippen molar-refractivity contribution in [3.05, 3.63) is 0 Å². The average Bonchev–Trinajstić information content (AvgIpc) is 2.11. The summed E-state index contributed by atoms with van der Waals surface area (Å²) in [4.78, 5) is 13.0. The molecule has 0 aromatic carbocycles. The summed E-state index contributed by atoms with van der Waals surface area (Å²) < 4.78 is 5.73. The number of nitrogens with one attached hydrogen (secondary N) is 1. The molecule has 0 saturated carbocycles. The molecule has 1 unspecified atom stereocenters. The number of carbonyl (C=O) groups is 1. The maximum absolute atomic E-state index is 11.3. The highest BCUT2D eigenvalue weighted by molar-refractivity contribution is 5.75. The SMILES string of the molecule is CCCC(C)OC1CN(C(=O)NCN)C1. The van der Waals surface area contributed by atoms with Gasteiger partial charge in [-0.3, -0.25) is 0 Å². The van der Waals surface area contributed by atoms with Gasteiger partial charge < -0.3 is 20.7 Å². The first-order valence-corrected chi connectivity index (χ1v) is 5.55. The van der Waals surface area contributed by atoms with Gasteiger partial charge in [-0.05, 0) is 13.3 Å². The first-order valence-electron chi connectivity index (χ1n) is 5.55. The van der Waals surface area contributed by atoms with E-state index in [1.165, 1.54) is 0 Å². The normalized spacial score (nSPS) is 18.5. The van der Waals surface area contributed by atoms with E-state index in [-0.39, 0.29) is 18.8 Å². The molecule has 0 aromatic rings. The maximum atomic E-state index is 11.3. The van der Waals surface area contributed by atoms with E-state index in [1.54, 1.807) is 4.90 Å². The molecule has 15 heavy (non-hydrogen) atoms. The predicted molar refractivity (Wildman–Crippen MR) is 58.4 cm³/mol. The van der Waals surface area contributed by atoms with Crippen LogP contribution in [0.1, 0.15) is 26.7 Å². The lowest BCUT2D eigenvalue weighted by Gasteiger charge is -2.39. The van der Waals surface area contributed by atoms with E-state index in [9.17, 15) is 4.79 Å². The second-order valence-electron chi connectivity index (χ2n) is 3.95. The molecular weight excluding hydrogens is 194 g/mol. The molecule has 5 nitrogen and oxygen atoms in total. The standard InChI is InChI=1S/C10H21N3O2/c1-3-4-8(2)15-9-5-13(6-9)10(14)12-7-11/h8-9H,3-7,11H2,1-2H3,(H,12,14). The lowest BCUT2D eigenvalue weighted by molar-refractivity contribution is -0.0728. The minimum atomic E-state index is -0.0968. The molecule has 1 aliphatic heterocycles. The second-order valence-corrected chi connectivity index (χ2v) is 3.95. The third-order valence-corrected chi connectivity index (χ3v) is 2.51. The van der Waals surface area contributed by atoms with E-state index in [2.05, 4.69) is 19.2 Å². The highest BCUT2D eigenvalue weighted by Gasteiger charge is 2.31. The van der Waals surface area contributed by atoms with Crippen molar-refractivity contribution in [3.63, 3.8) is 0 Å². The number of ether oxygens (including phenoxy) is 1. The zero-order chi connectivity index (χ0) is 11.3. The first kappa shape index (κ1) is 12.3. The highest BCUT2D eigenvalue weighted by Crippen LogP contribution is 2.15. The van der Waals surface area contributed by atoms with Crippen molar-refractivity contribution >= 4 is 6.03 Å². The van der Waals surface area contributed by atoms with Gasteiger partial charge in [-0.25, -0.2) is 4.79 Å². The molecule has 0 spiro atoms. The van der Waals surface area contributed by atoms with Crippen LogP contribution in [0.3, 0.4) is 0 Å². The smallest absolute Gasteiger partial charge is 0.318 e. The van der Waals surface area contributed by atoms with Crippen molar-refractivity contribution in [3.8, 4) is 0 Å². The number of nitrogens with zero attached hydrogens (tertiary/aromatic N) is 1. The molecule has 0 radical (unpaired) electrons. The summed E-state index contributed by atoms with van der Waals surface area (Å²) in [5.74, 6) is 0. The Hall–Kier alpha value is -0.810. The summed E-state index contributed by atoms with van der Waals surface area (Å²) in [6, 6.07) is -0.0968. The Morgan fingerprint density at radius 1 is 1.67 bits per heavy atom. The number of hydrogen-bond donors (Lipinski definition) is 2. The third-order valence-electron chi connectivity index (χ3n) is 2.51. The van der Waals surface area contributed by atoms with E-state index in [0.717, 1.165) is 12.8 Å². The Kier molecular flexibility index (Phi) is 4.84. The number of rotatable bonds is 5. The summed E-state index contributed by atoms with van der Waals surface area (Å²) in [6.07, 6.45) is 2.70. The van der Waals surface area contributed by atoms with E-state index >= 15 is 0 Å². The molecule has 1 fully saturated rings. The molecule has 1 saturated heterocycles. The molecule has 0 aliphatic carbocycles. The van der Waals surface area contributed by atoms with E-state index in [0.29, 0.717) is 19.2 Å². The monoisotopic (exact) mass is 215 g/mol. The molecule has 2 amide bonds. The molecule has 3 N–H and O–H groups in total. The third kappa shape index (κ3) is 3.68. The Bertz CT molecular complexity index is 205. The van der Waals surface area contributed by atoms with Gasteiger partial charge in [-0.15, -0.1) is 0 Å². The molecule has 0 aromatic heterocycles. The summed E-state index contributed by atoms with van der Waals surface area (Å²) >= 11 is 0. The van der Waals surface area contributed by atoms with Crippen LogP contribution in [0.25, 0.3) is 0 Å². The molecule has 1 heterocycles. The lowest BCUT2D eigenvalue weighted by Crippen LogP contribution is -2.58. The van der Waals surface area contributed by atoms with Gasteiger partial charge in [0.15, 0.2) is 0 Å². The van der Waals surface area contributed by atoms with Crippen molar-refractivity contribution in [2.75, 3.05) is 19.8 Å². The van der Waals surface area contributed by atoms with E-state index < -0.39 is 0 Å². The molecule has 1 atom stereocenters. The summed E-state index contributed by atoms with van der Waals surface area (Å²) in [5.41, 5.74) is 5.21. The van der Waals surface area contributed by atoms with Gasteiger partial charge in [-0.2, -0.15) is 0 Å². The van der Waals surface area contributed by atoms with Crippen LogP contribution in [-0.2, 0) is 4.74 Å². The Morgan fingerprint density at radius 3 is 2.87 bits per heavy atom. The minimum Gasteiger partial charge on any atom is -0.372 e.